The number of benzene rings is 1. The van der Waals surface area contributed by atoms with Gasteiger partial charge in [0.05, 0.1) is 12.0 Å². The summed E-state index contributed by atoms with van der Waals surface area (Å²) < 4.78 is 4.86. The first-order valence-corrected chi connectivity index (χ1v) is 5.72. The topological polar surface area (TPSA) is 59.0 Å². The quantitative estimate of drug-likeness (QED) is 0.669. The highest BCUT2D eigenvalue weighted by atomic mass is 16.5. The van der Waals surface area contributed by atoms with E-state index in [0.29, 0.717) is 17.7 Å². The lowest BCUT2D eigenvalue weighted by atomic mass is 10.2. The summed E-state index contributed by atoms with van der Waals surface area (Å²) in [4.78, 5) is 28.7. The van der Waals surface area contributed by atoms with Gasteiger partial charge in [0.2, 0.25) is 0 Å². The number of rotatable bonds is 4. The second-order valence-electron chi connectivity index (χ2n) is 3.94. The Hall–Kier alpha value is -2.17. The second-order valence-corrected chi connectivity index (χ2v) is 3.94. The number of esters is 1. The molecule has 0 fully saturated rings. The van der Waals surface area contributed by atoms with E-state index in [4.69, 9.17) is 4.74 Å². The molecule has 1 amide bonds. The maximum atomic E-state index is 11.8. The van der Waals surface area contributed by atoms with E-state index >= 15 is 0 Å². The van der Waals surface area contributed by atoms with Gasteiger partial charge in [0.1, 0.15) is 12.2 Å². The van der Waals surface area contributed by atoms with Crippen molar-refractivity contribution in [3.8, 4) is 0 Å². The molecule has 1 aromatic carbocycles. The van der Waals surface area contributed by atoms with Crippen molar-refractivity contribution in [3.63, 3.8) is 0 Å². The Morgan fingerprint density at radius 3 is 2.83 bits per heavy atom. The summed E-state index contributed by atoms with van der Waals surface area (Å²) in [6.07, 6.45) is 0. The second kappa shape index (κ2) is 5.00. The number of ether oxygens (including phenoxy) is 1. The Morgan fingerprint density at radius 2 is 2.11 bits per heavy atom. The maximum Gasteiger partial charge on any atom is 0.325 e. The molecule has 1 aromatic rings. The van der Waals surface area contributed by atoms with Gasteiger partial charge in [-0.3, -0.25) is 9.59 Å². The monoisotopic (exact) mass is 246 g/mol. The smallest absolute Gasteiger partial charge is 0.325 e. The average Bonchev–Trinajstić information content (AvgIpc) is 2.64. The molecule has 0 saturated carbocycles. The first-order valence-electron chi connectivity index (χ1n) is 5.72. The zero-order valence-corrected chi connectivity index (χ0v) is 10.3. The van der Waals surface area contributed by atoms with E-state index in [1.807, 2.05) is 18.2 Å². The highest BCUT2D eigenvalue weighted by molar-refractivity contribution is 6.14. The summed E-state index contributed by atoms with van der Waals surface area (Å²) in [5.41, 5.74) is 0.443. The van der Waals surface area contributed by atoms with Gasteiger partial charge >= 0.3 is 5.97 Å². The van der Waals surface area contributed by atoms with Crippen LogP contribution in [0.5, 0.6) is 0 Å². The zero-order chi connectivity index (χ0) is 13.1. The number of hydrogen-bond acceptors (Lipinski definition) is 4. The van der Waals surface area contributed by atoms with Gasteiger partial charge in [-0.1, -0.05) is 18.2 Å². The molecule has 0 aliphatic carbocycles. The molecule has 0 bridgehead atoms. The maximum absolute atomic E-state index is 11.8. The molecule has 0 atom stereocenters. The van der Waals surface area contributed by atoms with Crippen molar-refractivity contribution in [2.75, 3.05) is 20.2 Å². The predicted molar refractivity (Wildman–Crippen MR) is 64.9 cm³/mol. The number of amides is 1. The molecule has 2 rings (SSSR count). The van der Waals surface area contributed by atoms with Crippen molar-refractivity contribution in [2.24, 2.45) is 4.99 Å². The molecule has 1 heterocycles. The molecule has 94 valence electrons. The van der Waals surface area contributed by atoms with Crippen LogP contribution >= 0.6 is 0 Å². The fraction of sp³-hybridized carbons (Fsp3) is 0.308. The summed E-state index contributed by atoms with van der Waals surface area (Å²) in [5.74, 6) is -0.673. The number of fused-ring (bicyclic) bond motifs is 1. The van der Waals surface area contributed by atoms with E-state index in [0.717, 1.165) is 5.22 Å². The Bertz CT molecular complexity index is 607. The number of nitrogens with zero attached hydrogens (tertiary/aromatic N) is 2. The fourth-order valence-electron chi connectivity index (χ4n) is 1.90. The summed E-state index contributed by atoms with van der Waals surface area (Å²) in [5, 5.41) is 1.41. The van der Waals surface area contributed by atoms with E-state index in [2.05, 4.69) is 4.99 Å². The first kappa shape index (κ1) is 12.3. The Kier molecular flexibility index (Phi) is 3.41. The van der Waals surface area contributed by atoms with Crippen molar-refractivity contribution < 1.29 is 14.3 Å². The van der Waals surface area contributed by atoms with Gasteiger partial charge in [0, 0.05) is 12.3 Å². The van der Waals surface area contributed by atoms with Crippen LogP contribution in [0.1, 0.15) is 6.92 Å². The van der Waals surface area contributed by atoms with Gasteiger partial charge in [-0.25, -0.2) is 4.99 Å². The van der Waals surface area contributed by atoms with Crippen LogP contribution in [0.15, 0.2) is 29.3 Å². The van der Waals surface area contributed by atoms with Crippen LogP contribution in [-0.4, -0.2) is 37.0 Å². The molecule has 5 heteroatoms. The van der Waals surface area contributed by atoms with Gasteiger partial charge in [-0.05, 0) is 13.0 Å². The van der Waals surface area contributed by atoms with Crippen molar-refractivity contribution in [3.05, 3.63) is 34.8 Å². The van der Waals surface area contributed by atoms with E-state index < -0.39 is 0 Å². The van der Waals surface area contributed by atoms with E-state index in [9.17, 15) is 9.59 Å². The van der Waals surface area contributed by atoms with Crippen molar-refractivity contribution in [1.29, 1.82) is 0 Å². The number of hydrogen-bond donors (Lipinski definition) is 0. The lowest BCUT2D eigenvalue weighted by Crippen LogP contribution is -2.33. The van der Waals surface area contributed by atoms with Crippen LogP contribution in [0.2, 0.25) is 0 Å². The third-order valence-electron chi connectivity index (χ3n) is 2.64. The highest BCUT2D eigenvalue weighted by Gasteiger charge is 2.21. The summed E-state index contributed by atoms with van der Waals surface area (Å²) >= 11 is 0. The minimum absolute atomic E-state index is 0.0404. The van der Waals surface area contributed by atoms with Crippen LogP contribution in [0.4, 0.5) is 0 Å². The first-order chi connectivity index (χ1) is 8.63. The van der Waals surface area contributed by atoms with Crippen LogP contribution < -0.4 is 10.6 Å². The molecular formula is C13H14N2O3. The Labute approximate surface area is 104 Å². The van der Waals surface area contributed by atoms with Crippen molar-refractivity contribution in [1.82, 2.24) is 4.90 Å². The third kappa shape index (κ3) is 2.25. The minimum Gasteiger partial charge on any atom is -0.465 e. The summed E-state index contributed by atoms with van der Waals surface area (Å²) in [6.45, 7) is 2.12. The molecule has 0 spiro atoms. The molecule has 1 aliphatic heterocycles. The number of carbonyl (C=O) groups excluding carboxylic acids is 2. The van der Waals surface area contributed by atoms with E-state index in [1.54, 1.807) is 24.9 Å². The standard InChI is InChI=1S/C13H14N2O3/c1-3-18-11(16)8-15(2)12-9-6-4-5-7-10(9)14-13(12)17/h4-7H,3,8H2,1-2H3. The minimum atomic E-state index is -0.357. The van der Waals surface area contributed by atoms with Gasteiger partial charge in [-0.2, -0.15) is 0 Å². The number of carbonyl (C=O) groups is 2. The molecule has 5 nitrogen and oxygen atoms in total. The predicted octanol–water partition coefficient (Wildman–Crippen LogP) is -0.551. The number of likely N-dealkylation sites (N-methyl/N-ethyl adjacent to an activating group) is 1. The lowest BCUT2D eigenvalue weighted by Gasteiger charge is -2.17. The fourth-order valence-corrected chi connectivity index (χ4v) is 1.90. The molecule has 0 unspecified atom stereocenters. The molecule has 0 N–H and O–H groups in total. The molecular weight excluding hydrogens is 232 g/mol. The number of para-hydroxylation sites is 1. The van der Waals surface area contributed by atoms with E-state index in [1.165, 1.54) is 0 Å². The van der Waals surface area contributed by atoms with Gasteiger partial charge in [0.25, 0.3) is 5.91 Å². The molecule has 18 heavy (non-hydrogen) atoms. The van der Waals surface area contributed by atoms with Gasteiger partial charge in [-0.15, -0.1) is 0 Å². The lowest BCUT2D eigenvalue weighted by molar-refractivity contribution is -0.143. The summed E-state index contributed by atoms with van der Waals surface area (Å²) in [6, 6.07) is 7.26. The van der Waals surface area contributed by atoms with Crippen molar-refractivity contribution in [2.45, 2.75) is 6.92 Å². The average molecular weight is 246 g/mol. The molecule has 0 radical (unpaired) electrons. The molecule has 1 aliphatic rings. The van der Waals surface area contributed by atoms with Gasteiger partial charge in [0.15, 0.2) is 0 Å². The SMILES string of the molecule is CCOC(=O)CN(C)C1=c2ccccc2=NC1=O. The molecule has 0 aromatic heterocycles. The normalized spacial score (nSPS) is 13.0. The van der Waals surface area contributed by atoms with Crippen LogP contribution in [0.25, 0.3) is 5.70 Å². The van der Waals surface area contributed by atoms with Crippen molar-refractivity contribution >= 4 is 17.6 Å². The van der Waals surface area contributed by atoms with Crippen LogP contribution in [0, 0.1) is 0 Å². The van der Waals surface area contributed by atoms with E-state index in [-0.39, 0.29) is 18.4 Å². The Balaban J connectivity index is 2.32. The van der Waals surface area contributed by atoms with Crippen LogP contribution in [-0.2, 0) is 14.3 Å². The molecule has 0 saturated heterocycles. The summed E-state index contributed by atoms with van der Waals surface area (Å²) in [7, 11) is 1.68. The Morgan fingerprint density at radius 1 is 1.39 bits per heavy atom. The third-order valence-corrected chi connectivity index (χ3v) is 2.64. The zero-order valence-electron chi connectivity index (χ0n) is 10.3. The van der Waals surface area contributed by atoms with Gasteiger partial charge < -0.3 is 9.64 Å². The highest BCUT2D eigenvalue weighted by Crippen LogP contribution is 2.05. The largest absolute Gasteiger partial charge is 0.465 e. The van der Waals surface area contributed by atoms with Crippen LogP contribution in [0.3, 0.4) is 0 Å².